The molecule has 0 aliphatic carbocycles. The standard InChI is InChI=1S/C17H23N3O2/c1-12(21)20-7-6-14-4-2-3-5-15(14)16(20)8-17(22)19-11-13-9-18-10-13/h2-5,13,16,18H,6-11H2,1H3,(H,19,22). The second-order valence-corrected chi connectivity index (χ2v) is 6.21. The molecule has 2 aliphatic heterocycles. The molecule has 1 aromatic rings. The summed E-state index contributed by atoms with van der Waals surface area (Å²) in [5.74, 6) is 0.613. The number of fused-ring (bicyclic) bond motifs is 1. The van der Waals surface area contributed by atoms with Crippen LogP contribution >= 0.6 is 0 Å². The van der Waals surface area contributed by atoms with E-state index in [4.69, 9.17) is 0 Å². The highest BCUT2D eigenvalue weighted by Crippen LogP contribution is 2.32. The molecular weight excluding hydrogens is 278 g/mol. The number of hydrogen-bond acceptors (Lipinski definition) is 3. The predicted molar refractivity (Wildman–Crippen MR) is 84.3 cm³/mol. The molecule has 1 aromatic carbocycles. The van der Waals surface area contributed by atoms with Gasteiger partial charge >= 0.3 is 0 Å². The molecular formula is C17H23N3O2. The molecule has 1 unspecified atom stereocenters. The zero-order valence-electron chi connectivity index (χ0n) is 13.0. The third-order valence-corrected chi connectivity index (χ3v) is 4.65. The highest BCUT2D eigenvalue weighted by atomic mass is 16.2. The van der Waals surface area contributed by atoms with Gasteiger partial charge in [-0.3, -0.25) is 9.59 Å². The van der Waals surface area contributed by atoms with Gasteiger partial charge in [0, 0.05) is 39.0 Å². The average Bonchev–Trinajstić information content (AvgIpc) is 2.45. The quantitative estimate of drug-likeness (QED) is 0.867. The largest absolute Gasteiger partial charge is 0.356 e. The lowest BCUT2D eigenvalue weighted by Gasteiger charge is -2.36. The summed E-state index contributed by atoms with van der Waals surface area (Å²) in [7, 11) is 0. The number of amides is 2. The van der Waals surface area contributed by atoms with Crippen LogP contribution in [-0.4, -0.2) is 42.9 Å². The van der Waals surface area contributed by atoms with Crippen molar-refractivity contribution < 1.29 is 9.59 Å². The van der Waals surface area contributed by atoms with Gasteiger partial charge in [-0.05, 0) is 17.5 Å². The highest BCUT2D eigenvalue weighted by Gasteiger charge is 2.30. The van der Waals surface area contributed by atoms with Gasteiger partial charge in [-0.2, -0.15) is 0 Å². The second kappa shape index (κ2) is 6.48. The van der Waals surface area contributed by atoms with Crippen molar-refractivity contribution in [1.29, 1.82) is 0 Å². The Balaban J connectivity index is 1.70. The van der Waals surface area contributed by atoms with E-state index in [1.807, 2.05) is 23.1 Å². The Morgan fingerprint density at radius 3 is 2.77 bits per heavy atom. The van der Waals surface area contributed by atoms with Crippen LogP contribution in [0.25, 0.3) is 0 Å². The fourth-order valence-corrected chi connectivity index (χ4v) is 3.25. The van der Waals surface area contributed by atoms with Crippen LogP contribution in [0.3, 0.4) is 0 Å². The highest BCUT2D eigenvalue weighted by molar-refractivity contribution is 5.79. The maximum absolute atomic E-state index is 12.3. The normalized spacial score (nSPS) is 21.0. The first-order chi connectivity index (χ1) is 10.6. The summed E-state index contributed by atoms with van der Waals surface area (Å²) in [6.45, 7) is 4.95. The molecule has 1 atom stereocenters. The maximum Gasteiger partial charge on any atom is 0.222 e. The van der Waals surface area contributed by atoms with Crippen LogP contribution in [0.1, 0.15) is 30.5 Å². The summed E-state index contributed by atoms with van der Waals surface area (Å²) in [6.07, 6.45) is 1.21. The molecule has 118 valence electrons. The Hall–Kier alpha value is -1.88. The third-order valence-electron chi connectivity index (χ3n) is 4.65. The summed E-state index contributed by atoms with van der Waals surface area (Å²) in [6, 6.07) is 7.99. The monoisotopic (exact) mass is 301 g/mol. The number of carbonyl (C=O) groups is 2. The fraction of sp³-hybridized carbons (Fsp3) is 0.529. The molecule has 22 heavy (non-hydrogen) atoms. The van der Waals surface area contributed by atoms with Gasteiger partial charge in [0.05, 0.1) is 12.5 Å². The lowest BCUT2D eigenvalue weighted by Crippen LogP contribution is -2.48. The smallest absolute Gasteiger partial charge is 0.222 e. The van der Waals surface area contributed by atoms with Gasteiger partial charge in [0.2, 0.25) is 11.8 Å². The Bertz CT molecular complexity index is 569. The van der Waals surface area contributed by atoms with E-state index in [-0.39, 0.29) is 17.9 Å². The molecule has 1 fully saturated rings. The minimum atomic E-state index is -0.137. The van der Waals surface area contributed by atoms with E-state index in [9.17, 15) is 9.59 Å². The minimum Gasteiger partial charge on any atom is -0.356 e. The summed E-state index contributed by atoms with van der Waals surface area (Å²) < 4.78 is 0. The predicted octanol–water partition coefficient (Wildman–Crippen LogP) is 0.858. The van der Waals surface area contributed by atoms with Gasteiger partial charge in [-0.15, -0.1) is 0 Å². The molecule has 2 N–H and O–H groups in total. The van der Waals surface area contributed by atoms with Crippen LogP contribution in [0.2, 0.25) is 0 Å². The third kappa shape index (κ3) is 3.14. The Labute approximate surface area is 131 Å². The van der Waals surface area contributed by atoms with Crippen LogP contribution < -0.4 is 10.6 Å². The van der Waals surface area contributed by atoms with Gasteiger partial charge < -0.3 is 15.5 Å². The van der Waals surface area contributed by atoms with E-state index in [1.165, 1.54) is 5.56 Å². The molecule has 2 aliphatic rings. The number of nitrogens with zero attached hydrogens (tertiary/aromatic N) is 1. The Kier molecular flexibility index (Phi) is 4.43. The SMILES string of the molecule is CC(=O)N1CCc2ccccc2C1CC(=O)NCC1CNC1. The van der Waals surface area contributed by atoms with Crippen molar-refractivity contribution in [2.24, 2.45) is 5.92 Å². The van der Waals surface area contributed by atoms with E-state index in [0.717, 1.165) is 31.6 Å². The van der Waals surface area contributed by atoms with Crippen molar-refractivity contribution >= 4 is 11.8 Å². The summed E-state index contributed by atoms with van der Waals surface area (Å²) >= 11 is 0. The molecule has 3 rings (SSSR count). The van der Waals surface area contributed by atoms with Crippen LogP contribution in [0.4, 0.5) is 0 Å². The molecule has 5 heteroatoms. The average molecular weight is 301 g/mol. The van der Waals surface area contributed by atoms with Gasteiger partial charge in [0.1, 0.15) is 0 Å². The molecule has 2 heterocycles. The number of hydrogen-bond donors (Lipinski definition) is 2. The van der Waals surface area contributed by atoms with E-state index >= 15 is 0 Å². The molecule has 1 saturated heterocycles. The first kappa shape index (κ1) is 15.0. The van der Waals surface area contributed by atoms with Gasteiger partial charge in [-0.25, -0.2) is 0 Å². The maximum atomic E-state index is 12.3. The topological polar surface area (TPSA) is 61.4 Å². The number of rotatable bonds is 4. The molecule has 5 nitrogen and oxygen atoms in total. The van der Waals surface area contributed by atoms with Crippen molar-refractivity contribution in [2.45, 2.75) is 25.8 Å². The second-order valence-electron chi connectivity index (χ2n) is 6.21. The molecule has 2 amide bonds. The van der Waals surface area contributed by atoms with Crippen LogP contribution in [0.5, 0.6) is 0 Å². The van der Waals surface area contributed by atoms with Crippen molar-refractivity contribution in [3.05, 3.63) is 35.4 Å². The summed E-state index contributed by atoms with van der Waals surface area (Å²) in [5.41, 5.74) is 2.37. The van der Waals surface area contributed by atoms with E-state index in [1.54, 1.807) is 6.92 Å². The molecule has 0 bridgehead atoms. The van der Waals surface area contributed by atoms with Crippen LogP contribution in [0.15, 0.2) is 24.3 Å². The Morgan fingerprint density at radius 2 is 2.09 bits per heavy atom. The number of carbonyl (C=O) groups excluding carboxylic acids is 2. The zero-order chi connectivity index (χ0) is 15.5. The first-order valence-corrected chi connectivity index (χ1v) is 7.97. The first-order valence-electron chi connectivity index (χ1n) is 7.97. The van der Waals surface area contributed by atoms with Crippen LogP contribution in [-0.2, 0) is 16.0 Å². The van der Waals surface area contributed by atoms with Gasteiger partial charge in [0.25, 0.3) is 0 Å². The van der Waals surface area contributed by atoms with Crippen LogP contribution in [0, 0.1) is 5.92 Å². The number of nitrogens with one attached hydrogen (secondary N) is 2. The van der Waals surface area contributed by atoms with Gasteiger partial charge in [-0.1, -0.05) is 24.3 Å². The number of benzene rings is 1. The molecule has 0 saturated carbocycles. The summed E-state index contributed by atoms with van der Waals surface area (Å²) in [5, 5.41) is 6.20. The van der Waals surface area contributed by atoms with E-state index in [2.05, 4.69) is 16.7 Å². The minimum absolute atomic E-state index is 0.0276. The zero-order valence-corrected chi connectivity index (χ0v) is 13.0. The Morgan fingerprint density at radius 1 is 1.32 bits per heavy atom. The van der Waals surface area contributed by atoms with E-state index < -0.39 is 0 Å². The molecule has 0 radical (unpaired) electrons. The van der Waals surface area contributed by atoms with Crippen molar-refractivity contribution in [1.82, 2.24) is 15.5 Å². The molecule has 0 aromatic heterocycles. The molecule has 0 spiro atoms. The van der Waals surface area contributed by atoms with Crippen molar-refractivity contribution in [3.63, 3.8) is 0 Å². The van der Waals surface area contributed by atoms with Crippen molar-refractivity contribution in [2.75, 3.05) is 26.2 Å². The fourth-order valence-electron chi connectivity index (χ4n) is 3.25. The van der Waals surface area contributed by atoms with Gasteiger partial charge in [0.15, 0.2) is 0 Å². The van der Waals surface area contributed by atoms with E-state index in [0.29, 0.717) is 18.9 Å². The van der Waals surface area contributed by atoms with Crippen molar-refractivity contribution in [3.8, 4) is 0 Å². The lowest BCUT2D eigenvalue weighted by atomic mass is 9.90. The lowest BCUT2D eigenvalue weighted by molar-refractivity contribution is -0.133. The summed E-state index contributed by atoms with van der Waals surface area (Å²) in [4.78, 5) is 26.0.